The van der Waals surface area contributed by atoms with E-state index in [-0.39, 0.29) is 0 Å². The van der Waals surface area contributed by atoms with Crippen LogP contribution in [0.4, 0.5) is 0 Å². The van der Waals surface area contributed by atoms with Gasteiger partial charge in [0.15, 0.2) is 0 Å². The zero-order valence-electron chi connectivity index (χ0n) is 9.49. The molecule has 1 aromatic carbocycles. The molecule has 14 heavy (non-hydrogen) atoms. The number of terminal acetylenes is 1. The lowest BCUT2D eigenvalue weighted by Crippen LogP contribution is -1.99. The molecule has 1 heteroatoms. The van der Waals surface area contributed by atoms with Crippen molar-refractivity contribution in [2.24, 2.45) is 0 Å². The Hall–Kier alpha value is -1.42. The lowest BCUT2D eigenvalue weighted by Gasteiger charge is -2.16. The van der Waals surface area contributed by atoms with Gasteiger partial charge in [-0.3, -0.25) is 0 Å². The lowest BCUT2D eigenvalue weighted by molar-refractivity contribution is 0.510. The molecule has 0 aromatic heterocycles. The van der Waals surface area contributed by atoms with E-state index in [9.17, 15) is 0 Å². The van der Waals surface area contributed by atoms with E-state index in [2.05, 4.69) is 26.9 Å². The highest BCUT2D eigenvalue weighted by Crippen LogP contribution is 2.31. The Balaban J connectivity index is 3.53. The van der Waals surface area contributed by atoms with Gasteiger partial charge < -0.3 is 4.74 Å². The standard InChI is InChI=1S/C13H16O/c1-7-14-13-11(5)9(3)8(2)10(4)12(13)6/h1H,2-6H3. The van der Waals surface area contributed by atoms with E-state index < -0.39 is 0 Å². The van der Waals surface area contributed by atoms with Gasteiger partial charge in [-0.1, -0.05) is 6.42 Å². The van der Waals surface area contributed by atoms with Crippen LogP contribution in [-0.4, -0.2) is 0 Å². The molecular weight excluding hydrogens is 172 g/mol. The van der Waals surface area contributed by atoms with Gasteiger partial charge in [0.2, 0.25) is 0 Å². The predicted molar refractivity (Wildman–Crippen MR) is 59.6 cm³/mol. The minimum atomic E-state index is 0.841. The Labute approximate surface area is 86.1 Å². The molecular formula is C13H16O. The van der Waals surface area contributed by atoms with Crippen molar-refractivity contribution in [3.05, 3.63) is 27.8 Å². The minimum Gasteiger partial charge on any atom is -0.407 e. The molecule has 0 N–H and O–H groups in total. The third kappa shape index (κ3) is 1.48. The monoisotopic (exact) mass is 188 g/mol. The second-order valence-electron chi connectivity index (χ2n) is 3.67. The molecule has 1 nitrogen and oxygen atoms in total. The first-order valence-corrected chi connectivity index (χ1v) is 4.70. The zero-order chi connectivity index (χ0) is 10.9. The Morgan fingerprint density at radius 2 is 1.14 bits per heavy atom. The molecule has 1 aromatic rings. The van der Waals surface area contributed by atoms with Crippen molar-refractivity contribution < 1.29 is 4.74 Å². The number of hydrogen-bond donors (Lipinski definition) is 0. The molecule has 74 valence electrons. The smallest absolute Gasteiger partial charge is 0.146 e. The van der Waals surface area contributed by atoms with E-state index in [1.807, 2.05) is 13.8 Å². The first-order valence-electron chi connectivity index (χ1n) is 4.70. The highest BCUT2D eigenvalue weighted by atomic mass is 16.5. The fourth-order valence-corrected chi connectivity index (χ4v) is 1.68. The summed E-state index contributed by atoms with van der Waals surface area (Å²) < 4.78 is 5.21. The van der Waals surface area contributed by atoms with Gasteiger partial charge in [-0.15, -0.1) is 0 Å². The van der Waals surface area contributed by atoms with Crippen molar-refractivity contribution in [3.8, 4) is 18.3 Å². The summed E-state index contributed by atoms with van der Waals surface area (Å²) in [4.78, 5) is 0. The van der Waals surface area contributed by atoms with Crippen LogP contribution >= 0.6 is 0 Å². The fourth-order valence-electron chi connectivity index (χ4n) is 1.68. The normalized spacial score (nSPS) is 9.71. The van der Waals surface area contributed by atoms with Crippen LogP contribution in [0.2, 0.25) is 0 Å². The van der Waals surface area contributed by atoms with E-state index in [0.717, 1.165) is 16.9 Å². The molecule has 0 amide bonds. The highest BCUT2D eigenvalue weighted by Gasteiger charge is 2.12. The number of benzene rings is 1. The third-order valence-electron chi connectivity index (χ3n) is 3.09. The van der Waals surface area contributed by atoms with Gasteiger partial charge >= 0.3 is 0 Å². The molecule has 0 aliphatic carbocycles. The molecule has 0 radical (unpaired) electrons. The predicted octanol–water partition coefficient (Wildman–Crippen LogP) is 3.20. The van der Waals surface area contributed by atoms with E-state index >= 15 is 0 Å². The molecule has 0 bridgehead atoms. The van der Waals surface area contributed by atoms with E-state index in [1.54, 1.807) is 0 Å². The number of rotatable bonds is 1. The Morgan fingerprint density at radius 3 is 1.50 bits per heavy atom. The van der Waals surface area contributed by atoms with Gasteiger partial charge in [0.1, 0.15) is 11.9 Å². The maximum Gasteiger partial charge on any atom is 0.146 e. The van der Waals surface area contributed by atoms with Crippen molar-refractivity contribution in [1.29, 1.82) is 0 Å². The topological polar surface area (TPSA) is 9.23 Å². The summed E-state index contributed by atoms with van der Waals surface area (Å²) in [6.45, 7) is 10.4. The number of hydrogen-bond acceptors (Lipinski definition) is 1. The van der Waals surface area contributed by atoms with Gasteiger partial charge in [0, 0.05) is 0 Å². The van der Waals surface area contributed by atoms with E-state index in [1.165, 1.54) is 16.7 Å². The first-order chi connectivity index (χ1) is 6.50. The minimum absolute atomic E-state index is 0.841. The summed E-state index contributed by atoms with van der Waals surface area (Å²) in [5.74, 6) is 0.841. The van der Waals surface area contributed by atoms with Crippen LogP contribution < -0.4 is 4.74 Å². The summed E-state index contributed by atoms with van der Waals surface area (Å²) in [7, 11) is 0. The second-order valence-corrected chi connectivity index (χ2v) is 3.67. The Kier molecular flexibility index (Phi) is 2.86. The van der Waals surface area contributed by atoms with Crippen LogP contribution in [0.1, 0.15) is 27.8 Å². The molecule has 1 rings (SSSR count). The van der Waals surface area contributed by atoms with Gasteiger partial charge in [0.25, 0.3) is 0 Å². The maximum absolute atomic E-state index is 5.21. The molecule has 0 fully saturated rings. The van der Waals surface area contributed by atoms with Crippen LogP contribution in [0, 0.1) is 47.1 Å². The molecule has 0 aliphatic heterocycles. The van der Waals surface area contributed by atoms with Crippen LogP contribution in [0.5, 0.6) is 5.75 Å². The molecule has 0 saturated carbocycles. The van der Waals surface area contributed by atoms with Gasteiger partial charge in [0.05, 0.1) is 0 Å². The van der Waals surface area contributed by atoms with Crippen LogP contribution in [0.3, 0.4) is 0 Å². The van der Waals surface area contributed by atoms with E-state index in [0.29, 0.717) is 0 Å². The van der Waals surface area contributed by atoms with Crippen molar-refractivity contribution in [3.63, 3.8) is 0 Å². The average molecular weight is 188 g/mol. The SMILES string of the molecule is C#COc1c(C)c(C)c(C)c(C)c1C. The van der Waals surface area contributed by atoms with Crippen LogP contribution in [0.15, 0.2) is 0 Å². The molecule has 0 aliphatic rings. The largest absolute Gasteiger partial charge is 0.407 e. The van der Waals surface area contributed by atoms with Gasteiger partial charge in [-0.25, -0.2) is 0 Å². The summed E-state index contributed by atoms with van der Waals surface area (Å²) in [5, 5.41) is 0. The molecule has 0 atom stereocenters. The van der Waals surface area contributed by atoms with Gasteiger partial charge in [-0.05, 0) is 62.4 Å². The lowest BCUT2D eigenvalue weighted by atomic mass is 9.94. The summed E-state index contributed by atoms with van der Waals surface area (Å²) in [5.41, 5.74) is 6.13. The fraction of sp³-hybridized carbons (Fsp3) is 0.385. The van der Waals surface area contributed by atoms with Crippen LogP contribution in [0.25, 0.3) is 0 Å². The molecule has 0 saturated heterocycles. The zero-order valence-corrected chi connectivity index (χ0v) is 9.49. The van der Waals surface area contributed by atoms with Crippen molar-refractivity contribution in [2.75, 3.05) is 0 Å². The Morgan fingerprint density at radius 1 is 0.786 bits per heavy atom. The summed E-state index contributed by atoms with van der Waals surface area (Å²) >= 11 is 0. The quantitative estimate of drug-likeness (QED) is 0.615. The van der Waals surface area contributed by atoms with Crippen molar-refractivity contribution >= 4 is 0 Å². The molecule has 0 spiro atoms. The summed E-state index contributed by atoms with van der Waals surface area (Å²) in [6, 6.07) is 0. The summed E-state index contributed by atoms with van der Waals surface area (Å²) in [6.07, 6.45) is 7.40. The van der Waals surface area contributed by atoms with Gasteiger partial charge in [-0.2, -0.15) is 0 Å². The van der Waals surface area contributed by atoms with Crippen LogP contribution in [-0.2, 0) is 0 Å². The third-order valence-corrected chi connectivity index (χ3v) is 3.09. The van der Waals surface area contributed by atoms with Crippen molar-refractivity contribution in [1.82, 2.24) is 0 Å². The molecule has 0 unspecified atom stereocenters. The Bertz CT molecular complexity index is 379. The second kappa shape index (κ2) is 3.75. The highest BCUT2D eigenvalue weighted by molar-refractivity contribution is 5.53. The van der Waals surface area contributed by atoms with Crippen molar-refractivity contribution in [2.45, 2.75) is 34.6 Å². The maximum atomic E-state index is 5.21. The average Bonchev–Trinajstić information content (AvgIpc) is 2.19. The number of ether oxygens (including phenoxy) is 1. The molecule has 0 heterocycles. The van der Waals surface area contributed by atoms with E-state index in [4.69, 9.17) is 11.2 Å². The first kappa shape index (κ1) is 10.7.